The lowest BCUT2D eigenvalue weighted by Gasteiger charge is -2.30. The van der Waals surface area contributed by atoms with Crippen LogP contribution in [-0.2, 0) is 5.88 Å². The van der Waals surface area contributed by atoms with Gasteiger partial charge in [-0.15, -0.1) is 11.6 Å². The first-order valence-electron chi connectivity index (χ1n) is 7.20. The third-order valence-electron chi connectivity index (χ3n) is 4.38. The fraction of sp³-hybridized carbons (Fsp3) is 0.600. The van der Waals surface area contributed by atoms with E-state index in [1.54, 1.807) is 0 Å². The topological polar surface area (TPSA) is 30.7 Å². The molecule has 0 N–H and O–H groups in total. The highest BCUT2D eigenvalue weighted by Crippen LogP contribution is 2.36. The quantitative estimate of drug-likeness (QED) is 0.783. The van der Waals surface area contributed by atoms with Crippen molar-refractivity contribution in [2.24, 2.45) is 5.92 Å². The van der Waals surface area contributed by atoms with Crippen LogP contribution in [0.25, 0.3) is 11.0 Å². The Morgan fingerprint density at radius 1 is 1.42 bits per heavy atom. The van der Waals surface area contributed by atoms with E-state index in [0.29, 0.717) is 11.9 Å². The molecule has 19 heavy (non-hydrogen) atoms. The Morgan fingerprint density at radius 3 is 3.11 bits per heavy atom. The van der Waals surface area contributed by atoms with Crippen LogP contribution in [0.3, 0.4) is 0 Å². The summed E-state index contributed by atoms with van der Waals surface area (Å²) in [4.78, 5) is 8.78. The Kier molecular flexibility index (Phi) is 3.74. The average Bonchev–Trinajstić information content (AvgIpc) is 2.85. The van der Waals surface area contributed by atoms with Gasteiger partial charge in [-0.1, -0.05) is 26.2 Å². The molecule has 1 fully saturated rings. The van der Waals surface area contributed by atoms with Gasteiger partial charge < -0.3 is 4.57 Å². The summed E-state index contributed by atoms with van der Waals surface area (Å²) in [5, 5.41) is 0. The molecule has 4 heteroatoms. The van der Waals surface area contributed by atoms with Gasteiger partial charge in [-0.25, -0.2) is 4.98 Å². The van der Waals surface area contributed by atoms with Crippen LogP contribution >= 0.6 is 11.6 Å². The second-order valence-corrected chi connectivity index (χ2v) is 5.76. The van der Waals surface area contributed by atoms with Crippen molar-refractivity contribution in [3.8, 4) is 0 Å². The molecule has 2 unspecified atom stereocenters. The van der Waals surface area contributed by atoms with Crippen molar-refractivity contribution in [3.63, 3.8) is 0 Å². The van der Waals surface area contributed by atoms with E-state index in [9.17, 15) is 0 Å². The van der Waals surface area contributed by atoms with Crippen LogP contribution in [0.5, 0.6) is 0 Å². The third kappa shape index (κ3) is 2.36. The summed E-state index contributed by atoms with van der Waals surface area (Å²) in [6, 6.07) is 2.62. The Balaban J connectivity index is 2.02. The maximum atomic E-state index is 6.09. The zero-order valence-electron chi connectivity index (χ0n) is 11.3. The monoisotopic (exact) mass is 277 g/mol. The molecule has 2 heterocycles. The Hall–Kier alpha value is -1.09. The predicted octanol–water partition coefficient (Wildman–Crippen LogP) is 4.31. The lowest BCUT2D eigenvalue weighted by Crippen LogP contribution is -2.20. The molecule has 2 aromatic rings. The number of fused-ring (bicyclic) bond motifs is 1. The highest BCUT2D eigenvalue weighted by molar-refractivity contribution is 6.16. The molecule has 3 rings (SSSR count). The molecular formula is C15H20ClN3. The van der Waals surface area contributed by atoms with Gasteiger partial charge in [-0.05, 0) is 24.8 Å². The van der Waals surface area contributed by atoms with E-state index in [1.807, 2.05) is 12.4 Å². The van der Waals surface area contributed by atoms with E-state index in [0.717, 1.165) is 17.3 Å². The number of hydrogen-bond donors (Lipinski definition) is 0. The molecule has 2 aromatic heterocycles. The molecule has 1 saturated carbocycles. The van der Waals surface area contributed by atoms with Gasteiger partial charge in [0.05, 0.1) is 17.6 Å². The van der Waals surface area contributed by atoms with Gasteiger partial charge >= 0.3 is 0 Å². The molecule has 0 aromatic carbocycles. The Labute approximate surface area is 119 Å². The van der Waals surface area contributed by atoms with Crippen molar-refractivity contribution in [2.75, 3.05) is 0 Å². The molecule has 0 amide bonds. The zero-order valence-corrected chi connectivity index (χ0v) is 12.1. The summed E-state index contributed by atoms with van der Waals surface area (Å²) in [7, 11) is 0. The number of nitrogens with zero attached hydrogens (tertiary/aromatic N) is 3. The molecule has 3 nitrogen and oxygen atoms in total. The van der Waals surface area contributed by atoms with Crippen molar-refractivity contribution in [2.45, 2.75) is 50.9 Å². The van der Waals surface area contributed by atoms with Crippen molar-refractivity contribution in [1.82, 2.24) is 14.5 Å². The molecule has 0 radical (unpaired) electrons. The molecule has 1 aliphatic carbocycles. The van der Waals surface area contributed by atoms with Crippen LogP contribution in [0.2, 0.25) is 0 Å². The lowest BCUT2D eigenvalue weighted by molar-refractivity contribution is 0.262. The first-order valence-corrected chi connectivity index (χ1v) is 7.73. The molecule has 1 aliphatic rings. The van der Waals surface area contributed by atoms with Gasteiger partial charge in [0.25, 0.3) is 0 Å². The molecule has 102 valence electrons. The normalized spacial score (nSPS) is 23.9. The smallest absolute Gasteiger partial charge is 0.125 e. The van der Waals surface area contributed by atoms with E-state index in [4.69, 9.17) is 11.6 Å². The highest BCUT2D eigenvalue weighted by Gasteiger charge is 2.25. The third-order valence-corrected chi connectivity index (χ3v) is 4.62. The first-order chi connectivity index (χ1) is 9.33. The number of hydrogen-bond acceptors (Lipinski definition) is 2. The second kappa shape index (κ2) is 5.49. The van der Waals surface area contributed by atoms with Gasteiger partial charge in [0.2, 0.25) is 0 Å². The minimum atomic E-state index is 0.474. The Bertz CT molecular complexity index is 564. The van der Waals surface area contributed by atoms with E-state index in [-0.39, 0.29) is 0 Å². The molecular weight excluding hydrogens is 258 g/mol. The SMILES string of the molecule is CCC1CCCC(n2c(CCl)nc3cnccc32)C1. The summed E-state index contributed by atoms with van der Waals surface area (Å²) in [6.45, 7) is 2.30. The van der Waals surface area contributed by atoms with Gasteiger partial charge in [-0.3, -0.25) is 4.98 Å². The van der Waals surface area contributed by atoms with Crippen LogP contribution in [-0.4, -0.2) is 14.5 Å². The average molecular weight is 278 g/mol. The summed E-state index contributed by atoms with van der Waals surface area (Å²) >= 11 is 6.09. The molecule has 2 atom stereocenters. The predicted molar refractivity (Wildman–Crippen MR) is 78.4 cm³/mol. The molecule has 0 bridgehead atoms. The number of alkyl halides is 1. The van der Waals surface area contributed by atoms with Crippen LogP contribution in [0.4, 0.5) is 0 Å². The zero-order chi connectivity index (χ0) is 13.2. The fourth-order valence-electron chi connectivity index (χ4n) is 3.37. The number of imidazole rings is 1. The first kappa shape index (κ1) is 12.9. The molecule has 0 saturated heterocycles. The summed E-state index contributed by atoms with van der Waals surface area (Å²) in [5.74, 6) is 2.31. The number of aromatic nitrogens is 3. The summed E-state index contributed by atoms with van der Waals surface area (Å²) < 4.78 is 2.37. The van der Waals surface area contributed by atoms with Crippen LogP contribution in [0, 0.1) is 5.92 Å². The second-order valence-electron chi connectivity index (χ2n) is 5.49. The minimum Gasteiger partial charge on any atom is -0.324 e. The lowest BCUT2D eigenvalue weighted by atomic mass is 9.84. The maximum absolute atomic E-state index is 6.09. The van der Waals surface area contributed by atoms with E-state index < -0.39 is 0 Å². The van der Waals surface area contributed by atoms with E-state index in [1.165, 1.54) is 37.6 Å². The van der Waals surface area contributed by atoms with Gasteiger partial charge in [0.1, 0.15) is 11.3 Å². The summed E-state index contributed by atoms with van der Waals surface area (Å²) in [6.07, 6.45) is 10.1. The van der Waals surface area contributed by atoms with Gasteiger partial charge in [0.15, 0.2) is 0 Å². The summed E-state index contributed by atoms with van der Waals surface area (Å²) in [5.41, 5.74) is 2.16. The molecule has 0 spiro atoms. The van der Waals surface area contributed by atoms with Crippen molar-refractivity contribution < 1.29 is 0 Å². The number of halogens is 1. The minimum absolute atomic E-state index is 0.474. The Morgan fingerprint density at radius 2 is 2.32 bits per heavy atom. The van der Waals surface area contributed by atoms with Crippen molar-refractivity contribution in [1.29, 1.82) is 0 Å². The van der Waals surface area contributed by atoms with Crippen LogP contribution in [0.1, 0.15) is 50.9 Å². The number of rotatable bonds is 3. The highest BCUT2D eigenvalue weighted by atomic mass is 35.5. The fourth-order valence-corrected chi connectivity index (χ4v) is 3.56. The molecule has 0 aliphatic heterocycles. The van der Waals surface area contributed by atoms with Crippen LogP contribution in [0.15, 0.2) is 18.5 Å². The van der Waals surface area contributed by atoms with Crippen LogP contribution < -0.4 is 0 Å². The largest absolute Gasteiger partial charge is 0.324 e. The standard InChI is InChI=1S/C15H20ClN3/c1-2-11-4-3-5-12(8-11)19-14-6-7-17-10-13(14)18-15(19)9-16/h6-7,10-12H,2-5,8-9H2,1H3. The van der Waals surface area contributed by atoms with Crippen molar-refractivity contribution >= 4 is 22.6 Å². The number of pyridine rings is 1. The van der Waals surface area contributed by atoms with Gasteiger partial charge in [0, 0.05) is 12.2 Å². The maximum Gasteiger partial charge on any atom is 0.125 e. The van der Waals surface area contributed by atoms with Crippen molar-refractivity contribution in [3.05, 3.63) is 24.3 Å². The van der Waals surface area contributed by atoms with E-state index >= 15 is 0 Å². The van der Waals surface area contributed by atoms with E-state index in [2.05, 4.69) is 27.5 Å². The van der Waals surface area contributed by atoms with Gasteiger partial charge in [-0.2, -0.15) is 0 Å².